The van der Waals surface area contributed by atoms with Crippen LogP contribution in [0.4, 0.5) is 5.13 Å². The van der Waals surface area contributed by atoms with Crippen LogP contribution < -0.4 is 4.90 Å². The Bertz CT molecular complexity index is 578. The van der Waals surface area contributed by atoms with Crippen molar-refractivity contribution < 1.29 is 14.3 Å². The molecular formula is C12H12N2O3S2. The highest BCUT2D eigenvalue weighted by Gasteiger charge is 2.17. The molecule has 2 rings (SSSR count). The van der Waals surface area contributed by atoms with Gasteiger partial charge in [0.05, 0.1) is 24.8 Å². The Kier molecular flexibility index (Phi) is 4.28. The number of hydrogen-bond acceptors (Lipinski definition) is 6. The molecule has 7 heteroatoms. The number of ether oxygens (including phenoxy) is 1. The van der Waals surface area contributed by atoms with Gasteiger partial charge in [0.15, 0.2) is 5.13 Å². The predicted octanol–water partition coefficient (Wildman–Crippen LogP) is 2.20. The molecule has 0 spiro atoms. The molecule has 0 atom stereocenters. The number of hydrogen-bond donors (Lipinski definition) is 0. The van der Waals surface area contributed by atoms with Gasteiger partial charge in [0.2, 0.25) is 0 Å². The average Bonchev–Trinajstić information content (AvgIpc) is 3.07. The quantitative estimate of drug-likeness (QED) is 0.812. The van der Waals surface area contributed by atoms with Gasteiger partial charge in [-0.2, -0.15) is 11.3 Å². The van der Waals surface area contributed by atoms with Crippen molar-refractivity contribution in [3.05, 3.63) is 33.5 Å². The third-order valence-corrected chi connectivity index (χ3v) is 4.10. The molecule has 0 aliphatic heterocycles. The molecule has 2 heterocycles. The molecule has 0 radical (unpaired) electrons. The van der Waals surface area contributed by atoms with E-state index < -0.39 is 0 Å². The molecule has 0 aliphatic carbocycles. The molecule has 0 saturated carbocycles. The van der Waals surface area contributed by atoms with Crippen molar-refractivity contribution in [1.29, 1.82) is 0 Å². The summed E-state index contributed by atoms with van der Waals surface area (Å²) in [6, 6.07) is 1.77. The van der Waals surface area contributed by atoms with Gasteiger partial charge in [-0.3, -0.25) is 14.5 Å². The van der Waals surface area contributed by atoms with Crippen molar-refractivity contribution in [3.8, 4) is 0 Å². The van der Waals surface area contributed by atoms with E-state index in [9.17, 15) is 9.59 Å². The maximum Gasteiger partial charge on any atom is 0.311 e. The lowest BCUT2D eigenvalue weighted by Gasteiger charge is -2.12. The van der Waals surface area contributed by atoms with Gasteiger partial charge in [-0.05, 0) is 11.4 Å². The molecule has 0 aliphatic rings. The van der Waals surface area contributed by atoms with Crippen LogP contribution >= 0.6 is 22.7 Å². The summed E-state index contributed by atoms with van der Waals surface area (Å²) in [5.74, 6) is -0.455. The van der Waals surface area contributed by atoms with E-state index in [1.807, 2.05) is 5.38 Å². The number of thiophene rings is 1. The summed E-state index contributed by atoms with van der Waals surface area (Å²) in [6.07, 6.45) is 0.119. The first-order valence-electron chi connectivity index (χ1n) is 5.43. The summed E-state index contributed by atoms with van der Waals surface area (Å²) in [4.78, 5) is 29.0. The van der Waals surface area contributed by atoms with E-state index in [0.29, 0.717) is 16.4 Å². The lowest BCUT2D eigenvalue weighted by molar-refractivity contribution is -0.139. The number of carbonyl (C=O) groups excluding carboxylic acids is 2. The van der Waals surface area contributed by atoms with Gasteiger partial charge in [-0.25, -0.2) is 4.98 Å². The smallest absolute Gasteiger partial charge is 0.311 e. The first-order chi connectivity index (χ1) is 9.11. The van der Waals surface area contributed by atoms with Crippen molar-refractivity contribution >= 4 is 39.7 Å². The van der Waals surface area contributed by atoms with Crippen molar-refractivity contribution in [3.63, 3.8) is 0 Å². The first kappa shape index (κ1) is 13.7. The molecule has 0 bridgehead atoms. The number of carbonyl (C=O) groups is 2. The Morgan fingerprint density at radius 3 is 2.84 bits per heavy atom. The lowest BCUT2D eigenvalue weighted by atomic mass is 10.3. The summed E-state index contributed by atoms with van der Waals surface area (Å²) in [5.41, 5.74) is 1.24. The number of esters is 1. The third kappa shape index (κ3) is 3.18. The van der Waals surface area contributed by atoms with Crippen LogP contribution in [0.1, 0.15) is 16.1 Å². The maximum absolute atomic E-state index is 12.1. The van der Waals surface area contributed by atoms with Crippen LogP contribution in [0, 0.1) is 0 Å². The second kappa shape index (κ2) is 5.94. The zero-order chi connectivity index (χ0) is 13.8. The molecular weight excluding hydrogens is 284 g/mol. The van der Waals surface area contributed by atoms with Crippen LogP contribution in [0.3, 0.4) is 0 Å². The summed E-state index contributed by atoms with van der Waals surface area (Å²) in [6.45, 7) is 0. The summed E-state index contributed by atoms with van der Waals surface area (Å²) in [5, 5.41) is 5.96. The molecule has 19 heavy (non-hydrogen) atoms. The van der Waals surface area contributed by atoms with Crippen LogP contribution in [-0.2, 0) is 16.0 Å². The minimum atomic E-state index is -0.344. The normalized spacial score (nSPS) is 10.2. The van der Waals surface area contributed by atoms with E-state index in [4.69, 9.17) is 0 Å². The van der Waals surface area contributed by atoms with E-state index in [1.165, 1.54) is 34.7 Å². The van der Waals surface area contributed by atoms with Crippen LogP contribution in [-0.4, -0.2) is 31.0 Å². The molecule has 2 aromatic rings. The summed E-state index contributed by atoms with van der Waals surface area (Å²) in [7, 11) is 3.00. The number of nitrogens with zero attached hydrogens (tertiary/aromatic N) is 2. The van der Waals surface area contributed by atoms with E-state index in [1.54, 1.807) is 23.9 Å². The van der Waals surface area contributed by atoms with Gasteiger partial charge >= 0.3 is 5.97 Å². The fourth-order valence-corrected chi connectivity index (χ4v) is 2.84. The van der Waals surface area contributed by atoms with Gasteiger partial charge in [0, 0.05) is 17.8 Å². The SMILES string of the molecule is COC(=O)Cc1csc(N(C)C(=O)c2ccsc2)n1. The average molecular weight is 296 g/mol. The molecule has 0 aromatic carbocycles. The standard InChI is InChI=1S/C12H12N2O3S2/c1-14(11(16)8-3-4-18-6-8)12-13-9(7-19-12)5-10(15)17-2/h3-4,6-7H,5H2,1-2H3. The number of methoxy groups -OCH3 is 1. The highest BCUT2D eigenvalue weighted by molar-refractivity contribution is 7.14. The molecule has 0 saturated heterocycles. The third-order valence-electron chi connectivity index (χ3n) is 2.45. The van der Waals surface area contributed by atoms with E-state index in [2.05, 4.69) is 9.72 Å². The Balaban J connectivity index is 2.10. The topological polar surface area (TPSA) is 59.5 Å². The molecule has 0 N–H and O–H groups in total. The van der Waals surface area contributed by atoms with Gasteiger partial charge in [0.1, 0.15) is 0 Å². The first-order valence-corrected chi connectivity index (χ1v) is 7.25. The van der Waals surface area contributed by atoms with Crippen LogP contribution in [0.15, 0.2) is 22.2 Å². The fourth-order valence-electron chi connectivity index (χ4n) is 1.42. The number of rotatable bonds is 4. The molecule has 1 amide bonds. The van der Waals surface area contributed by atoms with Gasteiger partial charge in [-0.15, -0.1) is 11.3 Å². The van der Waals surface area contributed by atoms with Crippen LogP contribution in [0.5, 0.6) is 0 Å². The minimum absolute atomic E-state index is 0.111. The Morgan fingerprint density at radius 1 is 1.42 bits per heavy atom. The van der Waals surface area contributed by atoms with Crippen molar-refractivity contribution in [1.82, 2.24) is 4.98 Å². The largest absolute Gasteiger partial charge is 0.469 e. The second-order valence-electron chi connectivity index (χ2n) is 3.75. The monoisotopic (exact) mass is 296 g/mol. The number of aromatic nitrogens is 1. The predicted molar refractivity (Wildman–Crippen MR) is 74.9 cm³/mol. The van der Waals surface area contributed by atoms with E-state index >= 15 is 0 Å². The number of anilines is 1. The summed E-state index contributed by atoms with van der Waals surface area (Å²) >= 11 is 2.80. The van der Waals surface area contributed by atoms with Crippen molar-refractivity contribution in [2.45, 2.75) is 6.42 Å². The highest BCUT2D eigenvalue weighted by Crippen LogP contribution is 2.22. The Labute approximate surface area is 118 Å². The second-order valence-corrected chi connectivity index (χ2v) is 5.37. The van der Waals surface area contributed by atoms with Gasteiger partial charge < -0.3 is 4.74 Å². The molecule has 0 unspecified atom stereocenters. The van der Waals surface area contributed by atoms with Crippen molar-refractivity contribution in [2.75, 3.05) is 19.1 Å². The van der Waals surface area contributed by atoms with Crippen LogP contribution in [0.25, 0.3) is 0 Å². The zero-order valence-corrected chi connectivity index (χ0v) is 12.1. The Hall–Kier alpha value is -1.73. The minimum Gasteiger partial charge on any atom is -0.469 e. The molecule has 0 fully saturated rings. The maximum atomic E-state index is 12.1. The van der Waals surface area contributed by atoms with Gasteiger partial charge in [-0.1, -0.05) is 0 Å². The molecule has 100 valence electrons. The number of thiazole rings is 1. The lowest BCUT2D eigenvalue weighted by Crippen LogP contribution is -2.25. The summed E-state index contributed by atoms with van der Waals surface area (Å²) < 4.78 is 4.58. The van der Waals surface area contributed by atoms with E-state index in [0.717, 1.165) is 0 Å². The molecule has 2 aromatic heterocycles. The highest BCUT2D eigenvalue weighted by atomic mass is 32.1. The zero-order valence-electron chi connectivity index (χ0n) is 10.5. The van der Waals surface area contributed by atoms with Crippen molar-refractivity contribution in [2.24, 2.45) is 0 Å². The molecule has 5 nitrogen and oxygen atoms in total. The van der Waals surface area contributed by atoms with Gasteiger partial charge in [0.25, 0.3) is 5.91 Å². The fraction of sp³-hybridized carbons (Fsp3) is 0.250. The van der Waals surface area contributed by atoms with Crippen LogP contribution in [0.2, 0.25) is 0 Å². The number of amides is 1. The Morgan fingerprint density at radius 2 is 2.21 bits per heavy atom. The van der Waals surface area contributed by atoms with E-state index in [-0.39, 0.29) is 18.3 Å².